The van der Waals surface area contributed by atoms with E-state index >= 15 is 0 Å². The number of hydrogen-bond acceptors (Lipinski definition) is 6. The van der Waals surface area contributed by atoms with Crippen molar-refractivity contribution in [2.45, 2.75) is 19.3 Å². The Morgan fingerprint density at radius 3 is 2.74 bits per heavy atom. The Kier molecular flexibility index (Phi) is 4.90. The van der Waals surface area contributed by atoms with Crippen LogP contribution in [0.1, 0.15) is 29.6 Å². The van der Waals surface area contributed by atoms with Crippen molar-refractivity contribution in [1.29, 1.82) is 0 Å². The largest absolute Gasteiger partial charge is 0.497 e. The van der Waals surface area contributed by atoms with Crippen LogP contribution in [-0.2, 0) is 0 Å². The van der Waals surface area contributed by atoms with Crippen LogP contribution < -0.4 is 14.8 Å². The molecular weight excluding hydrogens is 430 g/mol. The molecule has 3 aliphatic rings. The number of carbonyl (C=O) groups excluding carboxylic acids is 1. The highest BCUT2D eigenvalue weighted by Crippen LogP contribution is 2.69. The summed E-state index contributed by atoms with van der Waals surface area (Å²) in [5.41, 5.74) is 3.39. The lowest BCUT2D eigenvalue weighted by Crippen LogP contribution is -2.31. The van der Waals surface area contributed by atoms with E-state index in [2.05, 4.69) is 33.0 Å². The molecule has 3 aromatic rings. The number of benzene rings is 2. The highest BCUT2D eigenvalue weighted by Gasteiger charge is 2.62. The van der Waals surface area contributed by atoms with E-state index in [4.69, 9.17) is 9.47 Å². The maximum absolute atomic E-state index is 13.3. The molecule has 1 amide bonds. The molecule has 8 heteroatoms. The first-order chi connectivity index (χ1) is 16.6. The first-order valence-electron chi connectivity index (χ1n) is 11.7. The Morgan fingerprint density at radius 1 is 1.15 bits per heavy atom. The molecule has 2 fully saturated rings. The number of aromatic nitrogens is 4. The minimum Gasteiger partial charge on any atom is -0.497 e. The van der Waals surface area contributed by atoms with Crippen LogP contribution in [0.15, 0.2) is 54.9 Å². The Morgan fingerprint density at radius 2 is 2.03 bits per heavy atom. The lowest BCUT2D eigenvalue weighted by Gasteiger charge is -2.20. The summed E-state index contributed by atoms with van der Waals surface area (Å²) in [5, 5.41) is 14.7. The summed E-state index contributed by atoms with van der Waals surface area (Å²) in [5.74, 6) is 3.12. The summed E-state index contributed by atoms with van der Waals surface area (Å²) in [6.07, 6.45) is 10.2. The zero-order chi connectivity index (χ0) is 23.3. The monoisotopic (exact) mass is 457 g/mol. The Labute approximate surface area is 198 Å². The Bertz CT molecular complexity index is 1270. The van der Waals surface area contributed by atoms with Gasteiger partial charge in [-0.3, -0.25) is 4.79 Å². The summed E-state index contributed by atoms with van der Waals surface area (Å²) >= 11 is 0. The van der Waals surface area contributed by atoms with Gasteiger partial charge in [0.25, 0.3) is 5.91 Å². The average molecular weight is 458 g/mol. The molecule has 2 aromatic carbocycles. The predicted octanol–water partition coefficient (Wildman–Crippen LogP) is 3.68. The molecule has 3 atom stereocenters. The van der Waals surface area contributed by atoms with Gasteiger partial charge in [0.2, 0.25) is 0 Å². The fourth-order valence-corrected chi connectivity index (χ4v) is 6.03. The second kappa shape index (κ2) is 7.97. The van der Waals surface area contributed by atoms with Gasteiger partial charge in [-0.1, -0.05) is 12.2 Å². The average Bonchev–Trinajstić information content (AvgIpc) is 3.21. The van der Waals surface area contributed by atoms with Crippen LogP contribution >= 0.6 is 0 Å². The summed E-state index contributed by atoms with van der Waals surface area (Å²) in [7, 11) is 3.25. The Hall–Kier alpha value is -3.68. The number of allylic oxidation sites excluding steroid dienone is 2. The Balaban J connectivity index is 1.31. The summed E-state index contributed by atoms with van der Waals surface area (Å²) < 4.78 is 12.6. The van der Waals surface area contributed by atoms with Gasteiger partial charge in [0.1, 0.15) is 17.8 Å². The lowest BCUT2D eigenvalue weighted by atomic mass is 9.89. The molecule has 1 aromatic heterocycles. The van der Waals surface area contributed by atoms with Gasteiger partial charge < -0.3 is 14.8 Å². The molecular formula is C26H27N5O3. The van der Waals surface area contributed by atoms with Crippen molar-refractivity contribution in [3.63, 3.8) is 0 Å². The number of methoxy groups -OCH3 is 2. The van der Waals surface area contributed by atoms with Crippen LogP contribution in [0.3, 0.4) is 0 Å². The molecule has 34 heavy (non-hydrogen) atoms. The van der Waals surface area contributed by atoms with Crippen molar-refractivity contribution in [1.82, 2.24) is 25.5 Å². The van der Waals surface area contributed by atoms with E-state index in [1.807, 2.05) is 36.4 Å². The van der Waals surface area contributed by atoms with Crippen LogP contribution in [-0.4, -0.2) is 46.9 Å². The molecule has 8 nitrogen and oxygen atoms in total. The molecule has 1 N–H and O–H groups in total. The molecule has 2 bridgehead atoms. The van der Waals surface area contributed by atoms with Gasteiger partial charge in [-0.25, -0.2) is 4.68 Å². The van der Waals surface area contributed by atoms with Gasteiger partial charge in [0.05, 0.1) is 19.9 Å². The van der Waals surface area contributed by atoms with Crippen LogP contribution in [0.4, 0.5) is 0 Å². The van der Waals surface area contributed by atoms with E-state index < -0.39 is 0 Å². The van der Waals surface area contributed by atoms with Gasteiger partial charge in [0, 0.05) is 17.7 Å². The van der Waals surface area contributed by atoms with E-state index in [0.717, 1.165) is 11.1 Å². The standard InChI is InChI=1S/C26H27N5O3/c1-33-21-4-6-24(34-2)22(13-21)16-9-17(12-20(11-16)31-15-28-29-30-31)25(32)27-14-18-10-19-3-5-23(18)26(19)7-8-26/h3-6,9,11-13,15,18-19,23H,7-8,10,14H2,1-2H3,(H,27,32). The SMILES string of the molecule is COc1ccc(OC)c(-c2cc(C(=O)NCC3CC4C=CC3C43CC3)cc(-n3cnnn3)c2)c1. The zero-order valence-corrected chi connectivity index (χ0v) is 19.3. The number of amides is 1. The highest BCUT2D eigenvalue weighted by molar-refractivity contribution is 5.96. The third-order valence-corrected chi connectivity index (χ3v) is 7.88. The van der Waals surface area contributed by atoms with E-state index in [1.165, 1.54) is 25.6 Å². The van der Waals surface area contributed by atoms with Crippen molar-refractivity contribution in [3.05, 3.63) is 60.4 Å². The fraction of sp³-hybridized carbons (Fsp3) is 0.385. The second-order valence-electron chi connectivity index (χ2n) is 9.55. The van der Waals surface area contributed by atoms with Crippen molar-refractivity contribution < 1.29 is 14.3 Å². The predicted molar refractivity (Wildman–Crippen MR) is 126 cm³/mol. The second-order valence-corrected chi connectivity index (χ2v) is 9.55. The third-order valence-electron chi connectivity index (χ3n) is 7.88. The topological polar surface area (TPSA) is 91.2 Å². The number of ether oxygens (including phenoxy) is 2. The lowest BCUT2D eigenvalue weighted by molar-refractivity contribution is 0.0944. The molecule has 174 valence electrons. The fourth-order valence-electron chi connectivity index (χ4n) is 6.03. The van der Waals surface area contributed by atoms with Crippen molar-refractivity contribution in [3.8, 4) is 28.3 Å². The smallest absolute Gasteiger partial charge is 0.251 e. The molecule has 0 saturated heterocycles. The van der Waals surface area contributed by atoms with E-state index in [-0.39, 0.29) is 5.91 Å². The minimum atomic E-state index is -0.102. The number of tetrazole rings is 1. The van der Waals surface area contributed by atoms with Crippen LogP contribution in [0.5, 0.6) is 11.5 Å². The molecule has 1 heterocycles. The maximum atomic E-state index is 13.3. The van der Waals surface area contributed by atoms with Crippen molar-refractivity contribution in [2.75, 3.05) is 20.8 Å². The first kappa shape index (κ1) is 20.9. The van der Waals surface area contributed by atoms with E-state index in [9.17, 15) is 4.79 Å². The third kappa shape index (κ3) is 3.36. The minimum absolute atomic E-state index is 0.102. The zero-order valence-electron chi connectivity index (χ0n) is 19.3. The van der Waals surface area contributed by atoms with Gasteiger partial charge in [-0.2, -0.15) is 0 Å². The van der Waals surface area contributed by atoms with E-state index in [1.54, 1.807) is 18.9 Å². The molecule has 3 aliphatic carbocycles. The van der Waals surface area contributed by atoms with Crippen LogP contribution in [0.2, 0.25) is 0 Å². The molecule has 0 radical (unpaired) electrons. The van der Waals surface area contributed by atoms with Crippen molar-refractivity contribution >= 4 is 5.91 Å². The van der Waals surface area contributed by atoms with E-state index in [0.29, 0.717) is 52.5 Å². The number of rotatable bonds is 7. The summed E-state index contributed by atoms with van der Waals surface area (Å²) in [6, 6.07) is 11.2. The van der Waals surface area contributed by atoms with Crippen LogP contribution in [0.25, 0.3) is 16.8 Å². The van der Waals surface area contributed by atoms with Gasteiger partial charge in [-0.15, -0.1) is 5.10 Å². The first-order valence-corrected chi connectivity index (χ1v) is 11.7. The molecule has 1 spiro atoms. The van der Waals surface area contributed by atoms with Crippen molar-refractivity contribution in [2.24, 2.45) is 23.2 Å². The van der Waals surface area contributed by atoms with Gasteiger partial charge >= 0.3 is 0 Å². The molecule has 0 aliphatic heterocycles. The maximum Gasteiger partial charge on any atom is 0.251 e. The number of nitrogens with one attached hydrogen (secondary N) is 1. The highest BCUT2D eigenvalue weighted by atomic mass is 16.5. The molecule has 2 saturated carbocycles. The van der Waals surface area contributed by atoms with Gasteiger partial charge in [0.15, 0.2) is 0 Å². The number of carbonyl (C=O) groups is 1. The quantitative estimate of drug-likeness (QED) is 0.545. The summed E-state index contributed by atoms with van der Waals surface area (Å²) in [4.78, 5) is 13.3. The van der Waals surface area contributed by atoms with Crippen LogP contribution in [0, 0.1) is 23.2 Å². The number of hydrogen-bond donors (Lipinski definition) is 1. The normalized spacial score (nSPS) is 23.3. The van der Waals surface area contributed by atoms with Gasteiger partial charge in [-0.05, 0) is 94.8 Å². The molecule has 3 unspecified atom stereocenters. The number of nitrogens with zero attached hydrogens (tertiary/aromatic N) is 4. The molecule has 6 rings (SSSR count). The summed E-state index contributed by atoms with van der Waals surface area (Å²) in [6.45, 7) is 0.693.